The van der Waals surface area contributed by atoms with E-state index in [0.717, 1.165) is 28.0 Å². The molecule has 2 aromatic carbocycles. The maximum atomic E-state index is 5.80. The first kappa shape index (κ1) is 17.6. The second-order valence-electron chi connectivity index (χ2n) is 6.08. The van der Waals surface area contributed by atoms with E-state index in [1.807, 2.05) is 47.2 Å². The molecule has 7 heteroatoms. The van der Waals surface area contributed by atoms with Crippen molar-refractivity contribution in [1.82, 2.24) is 0 Å². The average molecular weight is 388 g/mol. The van der Waals surface area contributed by atoms with Gasteiger partial charge in [-0.25, -0.2) is 5.06 Å². The summed E-state index contributed by atoms with van der Waals surface area (Å²) < 4.78 is 6.16. The first-order chi connectivity index (χ1) is 12.7. The van der Waals surface area contributed by atoms with E-state index in [9.17, 15) is 0 Å². The van der Waals surface area contributed by atoms with Gasteiger partial charge in [0, 0.05) is 11.3 Å². The van der Waals surface area contributed by atoms with Gasteiger partial charge < -0.3 is 10.1 Å². The topological polar surface area (TPSA) is 46.1 Å². The van der Waals surface area contributed by atoms with Crippen molar-refractivity contribution in [2.45, 2.75) is 10.9 Å². The van der Waals surface area contributed by atoms with Crippen LogP contribution in [0.1, 0.15) is 5.56 Å². The predicted octanol–water partition coefficient (Wildman–Crippen LogP) is 4.18. The van der Waals surface area contributed by atoms with Crippen molar-refractivity contribution >= 4 is 39.3 Å². The van der Waals surface area contributed by atoms with Crippen LogP contribution in [0, 0.1) is 0 Å². The maximum Gasteiger partial charge on any atom is 0.146 e. The Morgan fingerprint density at radius 1 is 1.19 bits per heavy atom. The van der Waals surface area contributed by atoms with Crippen LogP contribution in [-0.4, -0.2) is 37.6 Å². The maximum absolute atomic E-state index is 5.80. The van der Waals surface area contributed by atoms with Crippen LogP contribution in [0.25, 0.3) is 0 Å². The van der Waals surface area contributed by atoms with Gasteiger partial charge in [-0.15, -0.1) is 11.8 Å². The zero-order chi connectivity index (χ0) is 18.1. The molecular weight excluding hydrogens is 366 g/mol. The third-order valence-electron chi connectivity index (χ3n) is 4.75. The number of hydrogen-bond acceptors (Lipinski definition) is 7. The van der Waals surface area contributed by atoms with Gasteiger partial charge in [0.25, 0.3) is 0 Å². The van der Waals surface area contributed by atoms with Crippen molar-refractivity contribution in [2.24, 2.45) is 4.99 Å². The van der Waals surface area contributed by atoms with E-state index in [1.165, 1.54) is 5.56 Å². The lowest BCUT2D eigenvalue weighted by Gasteiger charge is -2.35. The number of thioether (sulfide) groups is 2. The van der Waals surface area contributed by atoms with Gasteiger partial charge in [0.15, 0.2) is 0 Å². The number of ether oxygens (including phenoxy) is 1. The molecule has 2 atom stereocenters. The fraction of sp³-hybridized carbons (Fsp3) is 0.316. The van der Waals surface area contributed by atoms with E-state index < -0.39 is 0 Å². The molecular formula is C19H21N3O2S2. The quantitative estimate of drug-likeness (QED) is 0.849. The van der Waals surface area contributed by atoms with Crippen molar-refractivity contribution in [3.63, 3.8) is 0 Å². The number of anilines is 2. The number of para-hydroxylation sites is 1. The molecule has 0 saturated carbocycles. The number of fused-ring (bicyclic) bond motifs is 2. The van der Waals surface area contributed by atoms with Crippen LogP contribution in [0.2, 0.25) is 0 Å². The molecule has 1 N–H and O–H groups in total. The molecule has 2 aromatic rings. The predicted molar refractivity (Wildman–Crippen MR) is 111 cm³/mol. The van der Waals surface area contributed by atoms with Crippen LogP contribution in [0.5, 0.6) is 5.75 Å². The molecule has 26 heavy (non-hydrogen) atoms. The minimum Gasteiger partial charge on any atom is -0.497 e. The summed E-state index contributed by atoms with van der Waals surface area (Å²) in [5.41, 5.74) is 3.36. The molecule has 136 valence electrons. The van der Waals surface area contributed by atoms with Gasteiger partial charge in [-0.3, -0.25) is 9.83 Å². The third-order valence-corrected chi connectivity index (χ3v) is 7.22. The van der Waals surface area contributed by atoms with E-state index in [-0.39, 0.29) is 10.9 Å². The normalized spacial score (nSPS) is 23.9. The van der Waals surface area contributed by atoms with Crippen molar-refractivity contribution in [1.29, 1.82) is 0 Å². The van der Waals surface area contributed by atoms with Gasteiger partial charge in [-0.1, -0.05) is 30.0 Å². The Morgan fingerprint density at radius 3 is 2.62 bits per heavy atom. The molecule has 2 aliphatic rings. The second kappa shape index (κ2) is 7.06. The van der Waals surface area contributed by atoms with Crippen molar-refractivity contribution in [2.75, 3.05) is 37.4 Å². The standard InChI is InChI=1S/C19H21N3O2S2/c1-23-14-10-8-13(9-11-14)21-17-19(12-20-18(25-3)26-19)15-6-4-5-7-16(15)22(17)24-2/h4-11,17,21H,12H2,1-3H3/t17-,19+/m1/s1. The third kappa shape index (κ3) is 2.74. The summed E-state index contributed by atoms with van der Waals surface area (Å²) in [6.07, 6.45) is 2.00. The zero-order valence-corrected chi connectivity index (χ0v) is 16.6. The van der Waals surface area contributed by atoms with Crippen LogP contribution in [0.4, 0.5) is 11.4 Å². The van der Waals surface area contributed by atoms with Crippen molar-refractivity contribution in [3.05, 3.63) is 54.1 Å². The van der Waals surface area contributed by atoms with E-state index in [0.29, 0.717) is 0 Å². The minimum atomic E-state index is -0.217. The Kier molecular flexibility index (Phi) is 4.77. The lowest BCUT2D eigenvalue weighted by molar-refractivity contribution is 0.145. The summed E-state index contributed by atoms with van der Waals surface area (Å²) in [7, 11) is 3.39. The number of nitrogens with zero attached hydrogens (tertiary/aromatic N) is 2. The lowest BCUT2D eigenvalue weighted by atomic mass is 9.97. The first-order valence-electron chi connectivity index (χ1n) is 8.33. The highest BCUT2D eigenvalue weighted by atomic mass is 32.2. The molecule has 0 fully saturated rings. The number of nitrogens with one attached hydrogen (secondary N) is 1. The van der Waals surface area contributed by atoms with E-state index in [1.54, 1.807) is 26.0 Å². The van der Waals surface area contributed by atoms with Crippen LogP contribution in [0.15, 0.2) is 53.5 Å². The summed E-state index contributed by atoms with van der Waals surface area (Å²) in [4.78, 5) is 10.6. The van der Waals surface area contributed by atoms with Crippen molar-refractivity contribution < 1.29 is 9.57 Å². The number of benzene rings is 2. The van der Waals surface area contributed by atoms with E-state index in [2.05, 4.69) is 29.8 Å². The lowest BCUT2D eigenvalue weighted by Crippen LogP contribution is -2.48. The van der Waals surface area contributed by atoms with Crippen molar-refractivity contribution in [3.8, 4) is 5.75 Å². The highest BCUT2D eigenvalue weighted by molar-refractivity contribution is 8.39. The Morgan fingerprint density at radius 2 is 1.96 bits per heavy atom. The van der Waals surface area contributed by atoms with Gasteiger partial charge in [-0.2, -0.15) is 0 Å². The second-order valence-corrected chi connectivity index (χ2v) is 8.45. The van der Waals surface area contributed by atoms with Gasteiger partial charge in [0.05, 0.1) is 26.5 Å². The zero-order valence-electron chi connectivity index (χ0n) is 14.9. The fourth-order valence-electron chi connectivity index (χ4n) is 3.51. The number of rotatable bonds is 4. The van der Waals surface area contributed by atoms with Gasteiger partial charge in [-0.05, 0) is 36.6 Å². The molecule has 0 radical (unpaired) electrons. The molecule has 2 aliphatic heterocycles. The van der Waals surface area contributed by atoms with E-state index >= 15 is 0 Å². The van der Waals surface area contributed by atoms with Crippen LogP contribution in [-0.2, 0) is 9.58 Å². The molecule has 0 amide bonds. The molecule has 1 spiro atoms. The highest BCUT2D eigenvalue weighted by Gasteiger charge is 2.55. The summed E-state index contributed by atoms with van der Waals surface area (Å²) >= 11 is 3.52. The molecule has 4 rings (SSSR count). The molecule has 2 heterocycles. The smallest absolute Gasteiger partial charge is 0.146 e. The molecule has 0 unspecified atom stereocenters. The Bertz CT molecular complexity index is 828. The Labute approximate surface area is 162 Å². The summed E-state index contributed by atoms with van der Waals surface area (Å²) in [5.74, 6) is 0.840. The van der Waals surface area contributed by atoms with Crippen LogP contribution >= 0.6 is 23.5 Å². The average Bonchev–Trinajstić information content (AvgIpc) is 3.24. The van der Waals surface area contributed by atoms with Gasteiger partial charge >= 0.3 is 0 Å². The Hall–Kier alpha value is -1.83. The molecule has 5 nitrogen and oxygen atoms in total. The Balaban J connectivity index is 1.73. The number of aliphatic imine (C=N–C) groups is 1. The van der Waals surface area contributed by atoms with E-state index in [4.69, 9.17) is 14.6 Å². The number of hydroxylamine groups is 1. The number of methoxy groups -OCH3 is 1. The molecule has 0 aliphatic carbocycles. The summed E-state index contributed by atoms with van der Waals surface area (Å²) in [6.45, 7) is 0.721. The first-order valence-corrected chi connectivity index (χ1v) is 10.4. The number of hydrogen-bond donors (Lipinski definition) is 1. The molecule has 0 aromatic heterocycles. The van der Waals surface area contributed by atoms with Crippen LogP contribution in [0.3, 0.4) is 0 Å². The molecule has 0 bridgehead atoms. The summed E-state index contributed by atoms with van der Waals surface area (Å²) in [5, 5.41) is 5.62. The minimum absolute atomic E-state index is 0.0725. The van der Waals surface area contributed by atoms with Crippen LogP contribution < -0.4 is 15.1 Å². The summed E-state index contributed by atoms with van der Waals surface area (Å²) in [6, 6.07) is 16.4. The largest absolute Gasteiger partial charge is 0.497 e. The monoisotopic (exact) mass is 387 g/mol. The fourth-order valence-corrected chi connectivity index (χ4v) is 5.61. The van der Waals surface area contributed by atoms with Gasteiger partial charge in [0.1, 0.15) is 21.0 Å². The highest BCUT2D eigenvalue weighted by Crippen LogP contribution is 2.56. The molecule has 0 saturated heterocycles. The SMILES string of the molecule is COc1ccc(N[C@@H]2N(OC)c3ccccc3[C@@]23CN=C(SC)S3)cc1. The van der Waals surface area contributed by atoms with Gasteiger partial charge in [0.2, 0.25) is 0 Å².